The average molecular weight is 492 g/mol. The second-order valence-corrected chi connectivity index (χ2v) is 8.99. The molecular weight excluding hydrogens is 469 g/mol. The Morgan fingerprint density at radius 1 is 0.920 bits per heavy atom. The zero-order valence-electron chi connectivity index (χ0n) is 14.5. The fourth-order valence-corrected chi connectivity index (χ4v) is 3.71. The predicted molar refractivity (Wildman–Crippen MR) is 94.7 cm³/mol. The number of carboxylic acid groups (broad SMARTS) is 2. The van der Waals surface area contributed by atoms with E-state index in [1.807, 2.05) is 0 Å². The summed E-state index contributed by atoms with van der Waals surface area (Å²) >= 11 is 0. The van der Waals surface area contributed by atoms with Crippen molar-refractivity contribution in [2.45, 2.75) is 57.3 Å². The molecule has 0 aromatic heterocycles. The average Bonchev–Trinajstić information content (AvgIpc) is 2.32. The van der Waals surface area contributed by atoms with Crippen LogP contribution in [0.3, 0.4) is 0 Å². The van der Waals surface area contributed by atoms with E-state index in [9.17, 15) is 32.8 Å². The van der Waals surface area contributed by atoms with Gasteiger partial charge in [-0.25, -0.2) is 9.59 Å². The van der Waals surface area contributed by atoms with Gasteiger partial charge in [0.2, 0.25) is 0 Å². The molecule has 0 radical (unpaired) electrons. The van der Waals surface area contributed by atoms with Crippen LogP contribution in [0.1, 0.15) is 73.4 Å². The Labute approximate surface area is 206 Å². The molecule has 0 bridgehead atoms. The quantitative estimate of drug-likeness (QED) is 0.553. The molecule has 0 atom stereocenters. The number of carbonyl (C=O) groups is 2. The molecule has 0 heterocycles. The topological polar surface area (TPSA) is 129 Å². The molecule has 0 fully saturated rings. The van der Waals surface area contributed by atoms with Crippen molar-refractivity contribution in [1.29, 1.82) is 0 Å². The molecule has 1 aromatic rings. The van der Waals surface area contributed by atoms with Crippen molar-refractivity contribution in [2.75, 3.05) is 0 Å². The van der Waals surface area contributed by atoms with Gasteiger partial charge in [0.1, 0.15) is 4.90 Å². The Bertz CT molecular complexity index is 812. The molecule has 0 aliphatic heterocycles. The van der Waals surface area contributed by atoms with Crippen molar-refractivity contribution in [3.63, 3.8) is 0 Å². The van der Waals surface area contributed by atoms with E-state index in [2.05, 4.69) is 0 Å². The van der Waals surface area contributed by atoms with Crippen LogP contribution >= 0.6 is 0 Å². The van der Waals surface area contributed by atoms with Crippen LogP contribution in [0.5, 0.6) is 0 Å². The first-order valence-electron chi connectivity index (χ1n) is 7.15. The minimum atomic E-state index is -4.95. The van der Waals surface area contributed by atoms with Gasteiger partial charge >= 0.3 is 80.8 Å². The Balaban J connectivity index is 0.00000576. The van der Waals surface area contributed by atoms with Crippen LogP contribution in [0.25, 0.3) is 0 Å². The molecule has 0 saturated heterocycles. The van der Waals surface area contributed by atoms with Crippen LogP contribution < -0.4 is 0 Å². The van der Waals surface area contributed by atoms with E-state index in [1.165, 1.54) is 0 Å². The molecule has 0 aliphatic carbocycles. The number of hydrogen-bond acceptors (Lipinski definition) is 4. The Hall–Kier alpha value is 0.122. The maximum absolute atomic E-state index is 11.9. The Kier molecular flexibility index (Phi) is 8.05. The summed E-state index contributed by atoms with van der Waals surface area (Å²) in [5, 5.41) is 19.1. The normalized spacial score (nSPS) is 12.4. The summed E-state index contributed by atoms with van der Waals surface area (Å²) in [7, 11) is -4.95. The molecule has 0 amide bonds. The molecule has 3 N–H and O–H groups in total. The van der Waals surface area contributed by atoms with Gasteiger partial charge in [-0.3, -0.25) is 4.55 Å². The zero-order valence-corrected chi connectivity index (χ0v) is 15.3. The first-order valence-corrected chi connectivity index (χ1v) is 8.59. The number of benzene rings is 1. The molecule has 0 saturated carbocycles. The summed E-state index contributed by atoms with van der Waals surface area (Å²) in [6.45, 7) is 9.75. The summed E-state index contributed by atoms with van der Waals surface area (Å²) in [6.07, 6.45) is 0. The first kappa shape index (κ1) is 25.1. The fourth-order valence-electron chi connectivity index (χ4n) is 2.62. The van der Waals surface area contributed by atoms with Gasteiger partial charge in [0.05, 0.1) is 11.1 Å². The van der Waals surface area contributed by atoms with Gasteiger partial charge in [0, 0.05) is 0 Å². The van der Waals surface area contributed by atoms with Crippen molar-refractivity contribution in [1.82, 2.24) is 0 Å². The van der Waals surface area contributed by atoms with Gasteiger partial charge in [0.15, 0.2) is 0 Å². The third kappa shape index (κ3) is 5.55. The summed E-state index contributed by atoms with van der Waals surface area (Å²) < 4.78 is 33.3. The molecule has 1 rings (SSSR count). The monoisotopic (exact) mass is 492 g/mol. The van der Waals surface area contributed by atoms with Gasteiger partial charge in [-0.1, -0.05) is 41.5 Å². The van der Waals surface area contributed by atoms with E-state index in [4.69, 9.17) is 0 Å². The van der Waals surface area contributed by atoms with E-state index >= 15 is 0 Å². The second kappa shape index (κ2) is 8.01. The molecule has 0 aliphatic rings. The van der Waals surface area contributed by atoms with E-state index < -0.39 is 43.3 Å². The Morgan fingerprint density at radius 3 is 1.60 bits per heavy atom. The third-order valence-corrected chi connectivity index (χ3v) is 4.48. The predicted octanol–water partition coefficient (Wildman–Crippen LogP) is 2.28. The fraction of sp³-hybridized carbons (Fsp3) is 0.500. The van der Waals surface area contributed by atoms with Crippen molar-refractivity contribution >= 4 is 91.0 Å². The van der Waals surface area contributed by atoms with Crippen LogP contribution in [-0.4, -0.2) is 104 Å². The first-order chi connectivity index (χ1) is 10.5. The van der Waals surface area contributed by atoms with E-state index in [0.29, 0.717) is 0 Å². The summed E-state index contributed by atoms with van der Waals surface area (Å²) in [6, 6.07) is 1.02. The second-order valence-electron chi connectivity index (χ2n) is 7.64. The van der Waals surface area contributed by atoms with Crippen molar-refractivity contribution in [3.05, 3.63) is 28.3 Å². The van der Waals surface area contributed by atoms with Crippen LogP contribution in [0.4, 0.5) is 0 Å². The van der Waals surface area contributed by atoms with Crippen LogP contribution in [-0.2, 0) is 20.9 Å². The van der Waals surface area contributed by atoms with Crippen molar-refractivity contribution < 1.29 is 32.8 Å². The maximum atomic E-state index is 11.9. The van der Waals surface area contributed by atoms with Gasteiger partial charge in [0.25, 0.3) is 10.1 Å². The number of hydrogen-bond donors (Lipinski definition) is 3. The van der Waals surface area contributed by atoms with Gasteiger partial charge < -0.3 is 10.2 Å². The molecule has 7 nitrogen and oxygen atoms in total. The minimum absolute atomic E-state index is 0. The molecule has 25 heavy (non-hydrogen) atoms. The third-order valence-electron chi connectivity index (χ3n) is 3.54. The summed E-state index contributed by atoms with van der Waals surface area (Å²) in [5.41, 5.74) is -2.77. The van der Waals surface area contributed by atoms with Crippen molar-refractivity contribution in [2.24, 2.45) is 0 Å². The van der Waals surface area contributed by atoms with Crippen LogP contribution in [0, 0.1) is 0 Å². The van der Waals surface area contributed by atoms with Crippen LogP contribution in [0.2, 0.25) is 0 Å². The Morgan fingerprint density at radius 2 is 1.36 bits per heavy atom. The SMILES string of the molecule is CC(C)(C)c1cc(C(=O)O)c(S(=O)(=O)O)c(C(C)(C)C)c1C(=O)O.[CsH]. The molecule has 136 valence electrons. The molecule has 9 heteroatoms. The summed E-state index contributed by atoms with van der Waals surface area (Å²) in [5.74, 6) is -2.94. The number of carboxylic acids is 2. The van der Waals surface area contributed by atoms with Gasteiger partial charge in [-0.15, -0.1) is 0 Å². The number of rotatable bonds is 3. The standard InChI is InChI=1S/C16H22O7S.Cs.H/c1-15(2,3)9-7-8(13(17)18)12(24(21,22)23)11(16(4,5)6)10(9)14(19)20;;/h7H,1-6H3,(H,17,18)(H,19,20)(H,21,22,23);;. The number of aromatic carboxylic acids is 2. The van der Waals surface area contributed by atoms with Gasteiger partial charge in [-0.05, 0) is 28.0 Å². The zero-order chi connectivity index (χ0) is 19.2. The molecular formula is C16H23CsO7S. The van der Waals surface area contributed by atoms with Crippen LogP contribution in [0.15, 0.2) is 11.0 Å². The van der Waals surface area contributed by atoms with E-state index in [-0.39, 0.29) is 85.6 Å². The van der Waals surface area contributed by atoms with Gasteiger partial charge in [-0.2, -0.15) is 8.42 Å². The molecule has 0 unspecified atom stereocenters. The summed E-state index contributed by atoms with van der Waals surface area (Å²) in [4.78, 5) is 22.6. The molecule has 0 spiro atoms. The van der Waals surface area contributed by atoms with Crippen molar-refractivity contribution in [3.8, 4) is 0 Å². The van der Waals surface area contributed by atoms with E-state index in [1.54, 1.807) is 41.5 Å². The molecule has 1 aromatic carbocycles. The van der Waals surface area contributed by atoms with E-state index in [0.717, 1.165) is 6.07 Å².